The smallest absolute Gasteiger partial charge is 0.133 e. The zero-order chi connectivity index (χ0) is 9.42. The van der Waals surface area contributed by atoms with Gasteiger partial charge in [-0.15, -0.1) is 0 Å². The topological polar surface area (TPSA) is 48.9 Å². The highest BCUT2D eigenvalue weighted by atomic mass is 16.3. The second-order valence-corrected chi connectivity index (χ2v) is 3.25. The van der Waals surface area contributed by atoms with E-state index in [1.165, 1.54) is 11.1 Å². The minimum absolute atomic E-state index is 0.0346. The number of fused-ring (bicyclic) bond motifs is 1. The number of imidazole rings is 1. The lowest BCUT2D eigenvalue weighted by molar-refractivity contribution is 0.273. The summed E-state index contributed by atoms with van der Waals surface area (Å²) < 4.78 is 0. The van der Waals surface area contributed by atoms with Crippen molar-refractivity contribution in [1.82, 2.24) is 9.97 Å². The molecule has 68 valence electrons. The van der Waals surface area contributed by atoms with Crippen LogP contribution in [0.4, 0.5) is 0 Å². The maximum absolute atomic E-state index is 8.91. The number of aromatic amines is 1. The summed E-state index contributed by atoms with van der Waals surface area (Å²) in [5.74, 6) is 0.628. The molecule has 0 atom stereocenters. The Bertz CT molecular complexity index is 445. The summed E-state index contributed by atoms with van der Waals surface area (Å²) in [5.41, 5.74) is 4.35. The monoisotopic (exact) mass is 176 g/mol. The molecule has 0 fully saturated rings. The van der Waals surface area contributed by atoms with E-state index in [1.807, 2.05) is 13.0 Å². The molecule has 0 bridgehead atoms. The first-order valence-electron chi connectivity index (χ1n) is 4.28. The van der Waals surface area contributed by atoms with Crippen molar-refractivity contribution in [2.75, 3.05) is 0 Å². The number of aliphatic hydroxyl groups is 1. The van der Waals surface area contributed by atoms with Crippen LogP contribution in [0, 0.1) is 13.8 Å². The summed E-state index contributed by atoms with van der Waals surface area (Å²) in [7, 11) is 0. The number of H-pyrrole nitrogens is 1. The Kier molecular flexibility index (Phi) is 1.81. The van der Waals surface area contributed by atoms with Crippen LogP contribution in [0.5, 0.6) is 0 Å². The molecule has 0 amide bonds. The number of aryl methyl sites for hydroxylation is 2. The Morgan fingerprint density at radius 2 is 2.15 bits per heavy atom. The van der Waals surface area contributed by atoms with Crippen LogP contribution in [0.2, 0.25) is 0 Å². The zero-order valence-electron chi connectivity index (χ0n) is 7.76. The third kappa shape index (κ3) is 1.21. The molecule has 0 spiro atoms. The number of benzene rings is 1. The first-order chi connectivity index (χ1) is 6.22. The van der Waals surface area contributed by atoms with Crippen LogP contribution in [0.1, 0.15) is 17.0 Å². The molecule has 3 nitrogen and oxygen atoms in total. The van der Waals surface area contributed by atoms with Gasteiger partial charge in [0.2, 0.25) is 0 Å². The fraction of sp³-hybridized carbons (Fsp3) is 0.300. The summed E-state index contributed by atoms with van der Waals surface area (Å²) >= 11 is 0. The van der Waals surface area contributed by atoms with E-state index in [9.17, 15) is 0 Å². The summed E-state index contributed by atoms with van der Waals surface area (Å²) in [5, 5.41) is 8.91. The molecule has 1 aromatic heterocycles. The van der Waals surface area contributed by atoms with Crippen LogP contribution >= 0.6 is 0 Å². The van der Waals surface area contributed by atoms with Crippen molar-refractivity contribution < 1.29 is 5.11 Å². The Labute approximate surface area is 76.4 Å². The van der Waals surface area contributed by atoms with Crippen molar-refractivity contribution in [3.8, 4) is 0 Å². The Morgan fingerprint density at radius 3 is 2.85 bits per heavy atom. The minimum atomic E-state index is -0.0346. The van der Waals surface area contributed by atoms with Crippen molar-refractivity contribution in [2.45, 2.75) is 20.5 Å². The molecule has 0 saturated heterocycles. The summed E-state index contributed by atoms with van der Waals surface area (Å²) in [6.07, 6.45) is 0. The third-order valence-electron chi connectivity index (χ3n) is 2.38. The van der Waals surface area contributed by atoms with Gasteiger partial charge in [0.25, 0.3) is 0 Å². The van der Waals surface area contributed by atoms with Crippen LogP contribution in [0.3, 0.4) is 0 Å². The summed E-state index contributed by atoms with van der Waals surface area (Å²) in [6, 6.07) is 4.04. The third-order valence-corrected chi connectivity index (χ3v) is 2.38. The van der Waals surface area contributed by atoms with Crippen LogP contribution in [-0.2, 0) is 6.61 Å². The molecule has 13 heavy (non-hydrogen) atoms. The van der Waals surface area contributed by atoms with E-state index in [-0.39, 0.29) is 6.61 Å². The standard InChI is InChI=1S/C10H12N2O/c1-6-3-4-8-10(7(6)2)12-9(5-13)11-8/h3-4,13H,5H2,1-2H3,(H,11,12). The number of nitrogens with one attached hydrogen (secondary N) is 1. The fourth-order valence-electron chi connectivity index (χ4n) is 1.44. The van der Waals surface area contributed by atoms with E-state index in [0.29, 0.717) is 5.82 Å². The molecule has 0 aliphatic heterocycles. The number of nitrogens with zero attached hydrogens (tertiary/aromatic N) is 1. The van der Waals surface area contributed by atoms with Gasteiger partial charge in [-0.2, -0.15) is 0 Å². The first-order valence-corrected chi connectivity index (χ1v) is 4.28. The van der Waals surface area contributed by atoms with Gasteiger partial charge in [-0.05, 0) is 31.0 Å². The van der Waals surface area contributed by atoms with Crippen LogP contribution < -0.4 is 0 Å². The number of hydrogen-bond donors (Lipinski definition) is 2. The molecule has 2 rings (SSSR count). The van der Waals surface area contributed by atoms with Gasteiger partial charge in [-0.1, -0.05) is 6.07 Å². The lowest BCUT2D eigenvalue weighted by Gasteiger charge is -1.98. The molecule has 1 aromatic carbocycles. The molecule has 0 aliphatic rings. The second-order valence-electron chi connectivity index (χ2n) is 3.25. The Hall–Kier alpha value is -1.35. The average Bonchev–Trinajstić information content (AvgIpc) is 2.55. The van der Waals surface area contributed by atoms with Crippen molar-refractivity contribution in [3.05, 3.63) is 29.1 Å². The summed E-state index contributed by atoms with van der Waals surface area (Å²) in [4.78, 5) is 7.34. The largest absolute Gasteiger partial charge is 0.388 e. The lowest BCUT2D eigenvalue weighted by Crippen LogP contribution is -1.84. The number of hydrogen-bond acceptors (Lipinski definition) is 2. The highest BCUT2D eigenvalue weighted by Gasteiger charge is 2.05. The van der Waals surface area contributed by atoms with Gasteiger partial charge in [0.1, 0.15) is 12.4 Å². The number of aromatic nitrogens is 2. The van der Waals surface area contributed by atoms with Gasteiger partial charge < -0.3 is 10.1 Å². The van der Waals surface area contributed by atoms with Crippen molar-refractivity contribution in [1.29, 1.82) is 0 Å². The second kappa shape index (κ2) is 2.85. The molecular formula is C10H12N2O. The molecule has 2 aromatic rings. The molecular weight excluding hydrogens is 164 g/mol. The van der Waals surface area contributed by atoms with Gasteiger partial charge >= 0.3 is 0 Å². The minimum Gasteiger partial charge on any atom is -0.388 e. The quantitative estimate of drug-likeness (QED) is 0.694. The molecule has 0 saturated carbocycles. The van der Waals surface area contributed by atoms with Gasteiger partial charge in [-0.3, -0.25) is 0 Å². The molecule has 0 radical (unpaired) electrons. The Morgan fingerprint density at radius 1 is 1.38 bits per heavy atom. The van der Waals surface area contributed by atoms with E-state index in [4.69, 9.17) is 5.11 Å². The predicted molar refractivity (Wildman–Crippen MR) is 51.5 cm³/mol. The van der Waals surface area contributed by atoms with Gasteiger partial charge in [-0.25, -0.2) is 4.98 Å². The first kappa shape index (κ1) is 8.26. The molecule has 0 unspecified atom stereocenters. The highest BCUT2D eigenvalue weighted by molar-refractivity contribution is 5.79. The van der Waals surface area contributed by atoms with Crippen molar-refractivity contribution in [3.63, 3.8) is 0 Å². The zero-order valence-corrected chi connectivity index (χ0v) is 7.76. The predicted octanol–water partition coefficient (Wildman–Crippen LogP) is 1.67. The van der Waals surface area contributed by atoms with E-state index < -0.39 is 0 Å². The highest BCUT2D eigenvalue weighted by Crippen LogP contribution is 2.18. The van der Waals surface area contributed by atoms with Gasteiger partial charge in [0.15, 0.2) is 0 Å². The van der Waals surface area contributed by atoms with Gasteiger partial charge in [0.05, 0.1) is 11.0 Å². The fourth-order valence-corrected chi connectivity index (χ4v) is 1.44. The maximum atomic E-state index is 8.91. The van der Waals surface area contributed by atoms with Crippen LogP contribution in [-0.4, -0.2) is 15.1 Å². The number of rotatable bonds is 1. The molecule has 0 aliphatic carbocycles. The van der Waals surface area contributed by atoms with Gasteiger partial charge in [0, 0.05) is 0 Å². The Balaban J connectivity index is 2.76. The average molecular weight is 176 g/mol. The number of aliphatic hydroxyl groups excluding tert-OH is 1. The van der Waals surface area contributed by atoms with Crippen molar-refractivity contribution >= 4 is 11.0 Å². The normalized spacial score (nSPS) is 11.0. The van der Waals surface area contributed by atoms with E-state index in [2.05, 4.69) is 23.0 Å². The summed E-state index contributed by atoms with van der Waals surface area (Å²) in [6.45, 7) is 4.06. The van der Waals surface area contributed by atoms with E-state index in [0.717, 1.165) is 11.0 Å². The molecule has 1 heterocycles. The SMILES string of the molecule is Cc1ccc2[nH]c(CO)nc2c1C. The van der Waals surface area contributed by atoms with Crippen molar-refractivity contribution in [2.24, 2.45) is 0 Å². The van der Waals surface area contributed by atoms with Crippen LogP contribution in [0.25, 0.3) is 11.0 Å². The van der Waals surface area contributed by atoms with E-state index in [1.54, 1.807) is 0 Å². The lowest BCUT2D eigenvalue weighted by atomic mass is 10.1. The van der Waals surface area contributed by atoms with E-state index >= 15 is 0 Å². The maximum Gasteiger partial charge on any atom is 0.133 e. The molecule has 3 heteroatoms. The van der Waals surface area contributed by atoms with Crippen LogP contribution in [0.15, 0.2) is 12.1 Å². The molecule has 2 N–H and O–H groups in total.